The Kier molecular flexibility index (Phi) is 6.03. The normalized spacial score (nSPS) is 34.6. The average Bonchev–Trinajstić information content (AvgIpc) is 2.84. The highest BCUT2D eigenvalue weighted by molar-refractivity contribution is 9.09. The lowest BCUT2D eigenvalue weighted by atomic mass is 9.97. The first-order valence-electron chi connectivity index (χ1n) is 7.50. The number of esters is 1. The molecule has 0 N–H and O–H groups in total. The molecule has 0 saturated carbocycles. The fourth-order valence-electron chi connectivity index (χ4n) is 3.12. The quantitative estimate of drug-likeness (QED) is 0.557. The number of ether oxygens (including phenoxy) is 3. The van der Waals surface area contributed by atoms with Gasteiger partial charge in [-0.05, 0) is 26.2 Å². The Morgan fingerprint density at radius 3 is 2.81 bits per heavy atom. The second-order valence-corrected chi connectivity index (χ2v) is 7.22. The van der Waals surface area contributed by atoms with Crippen LogP contribution in [-0.2, 0) is 19.0 Å². The van der Waals surface area contributed by atoms with E-state index in [2.05, 4.69) is 22.0 Å². The average molecular weight is 360 g/mol. The lowest BCUT2D eigenvalue weighted by molar-refractivity contribution is -0.155. The Morgan fingerprint density at radius 1 is 1.43 bits per heavy atom. The van der Waals surface area contributed by atoms with Crippen molar-refractivity contribution in [1.82, 2.24) is 0 Å². The summed E-state index contributed by atoms with van der Waals surface area (Å²) in [5.41, 5.74) is 0. The van der Waals surface area contributed by atoms with Gasteiger partial charge in [0.15, 0.2) is 0 Å². The zero-order valence-corrected chi connectivity index (χ0v) is 14.0. The van der Waals surface area contributed by atoms with Crippen molar-refractivity contribution >= 4 is 21.9 Å². The molecule has 2 rings (SSSR count). The molecule has 21 heavy (non-hydrogen) atoms. The van der Waals surface area contributed by atoms with Crippen molar-refractivity contribution in [1.29, 1.82) is 5.26 Å². The van der Waals surface area contributed by atoms with E-state index in [9.17, 15) is 4.79 Å². The number of hydrogen-bond donors (Lipinski definition) is 0. The van der Waals surface area contributed by atoms with Crippen molar-refractivity contribution < 1.29 is 19.0 Å². The van der Waals surface area contributed by atoms with Crippen molar-refractivity contribution in [3.8, 4) is 6.07 Å². The van der Waals surface area contributed by atoms with Crippen LogP contribution in [0, 0.1) is 11.3 Å². The van der Waals surface area contributed by atoms with Crippen LogP contribution >= 0.6 is 15.9 Å². The molecule has 0 aromatic carbocycles. The molecule has 118 valence electrons. The van der Waals surface area contributed by atoms with E-state index < -0.39 is 0 Å². The van der Waals surface area contributed by atoms with Gasteiger partial charge in [0.1, 0.15) is 6.10 Å². The molecular formula is C15H22BrNO4. The molecule has 0 bridgehead atoms. The highest BCUT2D eigenvalue weighted by atomic mass is 79.9. The number of alkyl halides is 1. The molecular weight excluding hydrogens is 338 g/mol. The van der Waals surface area contributed by atoms with Crippen molar-refractivity contribution in [2.24, 2.45) is 0 Å². The minimum absolute atomic E-state index is 0.0286. The second-order valence-electron chi connectivity index (χ2n) is 5.77. The first-order valence-corrected chi connectivity index (χ1v) is 8.42. The maximum atomic E-state index is 11.2. The van der Waals surface area contributed by atoms with E-state index in [-0.39, 0.29) is 41.3 Å². The Morgan fingerprint density at radius 2 is 2.19 bits per heavy atom. The predicted molar refractivity (Wildman–Crippen MR) is 80.0 cm³/mol. The third-order valence-electron chi connectivity index (χ3n) is 4.07. The largest absolute Gasteiger partial charge is 0.459 e. The Hall–Kier alpha value is -0.640. The maximum Gasteiger partial charge on any atom is 0.303 e. The lowest BCUT2D eigenvalue weighted by Gasteiger charge is -2.31. The summed E-state index contributed by atoms with van der Waals surface area (Å²) in [5, 5.41) is 8.66. The lowest BCUT2D eigenvalue weighted by Crippen LogP contribution is -2.37. The predicted octanol–water partition coefficient (Wildman–Crippen LogP) is 2.71. The van der Waals surface area contributed by atoms with E-state index in [1.807, 2.05) is 6.92 Å². The summed E-state index contributed by atoms with van der Waals surface area (Å²) < 4.78 is 17.5. The molecule has 5 nitrogen and oxygen atoms in total. The summed E-state index contributed by atoms with van der Waals surface area (Å²) in [5.74, 6) is -0.294. The third kappa shape index (κ3) is 4.41. The van der Waals surface area contributed by atoms with Crippen molar-refractivity contribution in [3.63, 3.8) is 0 Å². The summed E-state index contributed by atoms with van der Waals surface area (Å²) in [7, 11) is 0. The van der Waals surface area contributed by atoms with Crippen LogP contribution in [-0.4, -0.2) is 41.3 Å². The van der Waals surface area contributed by atoms with Crippen LogP contribution in [0.3, 0.4) is 0 Å². The van der Waals surface area contributed by atoms with Crippen LogP contribution in [0.15, 0.2) is 0 Å². The van der Waals surface area contributed by atoms with Crippen LogP contribution in [0.4, 0.5) is 0 Å². The molecule has 6 heteroatoms. The topological polar surface area (TPSA) is 68.5 Å². The highest BCUT2D eigenvalue weighted by Gasteiger charge is 2.45. The molecule has 2 aliphatic rings. The number of carbonyl (C=O) groups is 1. The monoisotopic (exact) mass is 359 g/mol. The Bertz CT molecular complexity index is 409. The minimum Gasteiger partial charge on any atom is -0.459 e. The number of hydrogen-bond acceptors (Lipinski definition) is 5. The first-order chi connectivity index (χ1) is 10.0. The SMILES string of the molecule is CC(=O)O[C@H]([C@H](C)Br)[C@H]1C[C@@H]2O[C@@H](CCC#N)CC[C@@H]2O1. The molecule has 0 aliphatic carbocycles. The van der Waals surface area contributed by atoms with Gasteiger partial charge < -0.3 is 14.2 Å². The fourth-order valence-corrected chi connectivity index (χ4v) is 3.57. The van der Waals surface area contributed by atoms with Gasteiger partial charge >= 0.3 is 5.97 Å². The van der Waals surface area contributed by atoms with Crippen LogP contribution in [0.2, 0.25) is 0 Å². The fraction of sp³-hybridized carbons (Fsp3) is 0.867. The van der Waals surface area contributed by atoms with E-state index in [4.69, 9.17) is 19.5 Å². The first kappa shape index (κ1) is 16.7. The molecule has 0 spiro atoms. The van der Waals surface area contributed by atoms with Crippen LogP contribution in [0.25, 0.3) is 0 Å². The van der Waals surface area contributed by atoms with Gasteiger partial charge in [-0.3, -0.25) is 4.79 Å². The number of rotatable bonds is 5. The van der Waals surface area contributed by atoms with E-state index in [1.54, 1.807) is 0 Å². The van der Waals surface area contributed by atoms with Crippen LogP contribution in [0.1, 0.15) is 46.0 Å². The molecule has 0 aromatic rings. The van der Waals surface area contributed by atoms with Crippen LogP contribution in [0.5, 0.6) is 0 Å². The van der Waals surface area contributed by atoms with Crippen molar-refractivity contribution in [2.75, 3.05) is 0 Å². The zero-order valence-electron chi connectivity index (χ0n) is 12.5. The van der Waals surface area contributed by atoms with Gasteiger partial charge in [0.05, 0.1) is 35.3 Å². The number of nitrogens with zero attached hydrogens (tertiary/aromatic N) is 1. The standard InChI is InChI=1S/C15H22BrNO4/c1-9(16)15(19-10(2)18)14-8-13-12(21-14)6-5-11(20-13)4-3-7-17/h9,11-15H,3-6,8H2,1-2H3/t9-,11-,12-,13-,14+,15+/m0/s1. The second kappa shape index (κ2) is 7.57. The van der Waals surface area contributed by atoms with Gasteiger partial charge in [-0.15, -0.1) is 0 Å². The minimum atomic E-state index is -0.297. The highest BCUT2D eigenvalue weighted by Crippen LogP contribution is 2.36. The third-order valence-corrected chi connectivity index (χ3v) is 4.59. The number of nitriles is 1. The molecule has 0 unspecified atom stereocenters. The van der Waals surface area contributed by atoms with Gasteiger partial charge in [0.2, 0.25) is 0 Å². The number of halogens is 1. The van der Waals surface area contributed by atoms with Gasteiger partial charge in [0, 0.05) is 19.8 Å². The van der Waals surface area contributed by atoms with Crippen LogP contribution < -0.4 is 0 Å². The van der Waals surface area contributed by atoms with E-state index in [0.717, 1.165) is 25.7 Å². The summed E-state index contributed by atoms with van der Waals surface area (Å²) in [6.45, 7) is 3.37. The van der Waals surface area contributed by atoms with Gasteiger partial charge in [0.25, 0.3) is 0 Å². The number of carbonyl (C=O) groups excluding carboxylic acids is 1. The summed E-state index contributed by atoms with van der Waals surface area (Å²) in [6, 6.07) is 2.16. The van der Waals surface area contributed by atoms with E-state index >= 15 is 0 Å². The number of fused-ring (bicyclic) bond motifs is 1. The summed E-state index contributed by atoms with van der Waals surface area (Å²) >= 11 is 3.49. The molecule has 0 amide bonds. The molecule has 2 aliphatic heterocycles. The summed E-state index contributed by atoms with van der Waals surface area (Å²) in [6.07, 6.45) is 3.78. The van der Waals surface area contributed by atoms with Crippen molar-refractivity contribution in [3.05, 3.63) is 0 Å². The summed E-state index contributed by atoms with van der Waals surface area (Å²) in [4.78, 5) is 11.3. The van der Waals surface area contributed by atoms with Gasteiger partial charge in [-0.2, -0.15) is 5.26 Å². The Balaban J connectivity index is 1.92. The molecule has 6 atom stereocenters. The smallest absolute Gasteiger partial charge is 0.303 e. The van der Waals surface area contributed by atoms with E-state index in [0.29, 0.717) is 6.42 Å². The molecule has 2 saturated heterocycles. The molecule has 2 heterocycles. The molecule has 0 aromatic heterocycles. The maximum absolute atomic E-state index is 11.2. The zero-order chi connectivity index (χ0) is 15.4. The van der Waals surface area contributed by atoms with Crippen molar-refractivity contribution in [2.45, 2.75) is 81.3 Å². The van der Waals surface area contributed by atoms with E-state index in [1.165, 1.54) is 6.92 Å². The van der Waals surface area contributed by atoms with Gasteiger partial charge in [-0.1, -0.05) is 15.9 Å². The Labute approximate surface area is 134 Å². The molecule has 2 fully saturated rings. The molecule has 0 radical (unpaired) electrons. The van der Waals surface area contributed by atoms with Gasteiger partial charge in [-0.25, -0.2) is 0 Å².